The van der Waals surface area contributed by atoms with Crippen LogP contribution in [0.4, 0.5) is 10.1 Å². The van der Waals surface area contributed by atoms with Crippen LogP contribution >= 0.6 is 11.6 Å². The lowest BCUT2D eigenvalue weighted by molar-refractivity contribution is 0.0689. The quantitative estimate of drug-likeness (QED) is 0.376. The van der Waals surface area contributed by atoms with Crippen LogP contribution in [0.2, 0.25) is 5.02 Å². The van der Waals surface area contributed by atoms with Crippen LogP contribution in [-0.2, 0) is 6.54 Å². The van der Waals surface area contributed by atoms with Gasteiger partial charge in [0.05, 0.1) is 12.2 Å². The average molecular weight is 526 g/mol. The molecule has 0 atom stereocenters. The SMILES string of the molecule is CC(C)n1c(=O)[nH]/c(=N\c2ccc(Oc3cccc(C(=O)O)n3)c(F)c2)n(Cc2ccc(Cl)cc2)c1=O. The van der Waals surface area contributed by atoms with Crippen molar-refractivity contribution in [3.8, 4) is 11.6 Å². The molecular formula is C25H21ClFN5O5. The summed E-state index contributed by atoms with van der Waals surface area (Å²) in [6.07, 6.45) is 0. The fourth-order valence-electron chi connectivity index (χ4n) is 3.46. The predicted molar refractivity (Wildman–Crippen MR) is 133 cm³/mol. The van der Waals surface area contributed by atoms with Gasteiger partial charge < -0.3 is 9.84 Å². The van der Waals surface area contributed by atoms with Crippen LogP contribution in [-0.4, -0.2) is 30.2 Å². The summed E-state index contributed by atoms with van der Waals surface area (Å²) in [4.78, 5) is 47.6. The van der Waals surface area contributed by atoms with E-state index in [0.717, 1.165) is 16.2 Å². The van der Waals surface area contributed by atoms with Gasteiger partial charge >= 0.3 is 17.3 Å². The first-order valence-corrected chi connectivity index (χ1v) is 11.4. The summed E-state index contributed by atoms with van der Waals surface area (Å²) in [5.74, 6) is -2.39. The molecule has 0 bridgehead atoms. The van der Waals surface area contributed by atoms with Gasteiger partial charge in [0, 0.05) is 23.2 Å². The van der Waals surface area contributed by atoms with Gasteiger partial charge in [-0.15, -0.1) is 0 Å². The molecule has 2 aromatic heterocycles. The highest BCUT2D eigenvalue weighted by Crippen LogP contribution is 2.26. The Bertz CT molecular complexity index is 1660. The number of hydrogen-bond donors (Lipinski definition) is 2. The van der Waals surface area contributed by atoms with Crippen LogP contribution < -0.4 is 21.7 Å². The number of hydrogen-bond acceptors (Lipinski definition) is 6. The van der Waals surface area contributed by atoms with Gasteiger partial charge in [0.1, 0.15) is 0 Å². The number of ether oxygens (including phenoxy) is 1. The molecule has 10 nitrogen and oxygen atoms in total. The van der Waals surface area contributed by atoms with Crippen LogP contribution in [0, 0.1) is 5.82 Å². The number of pyridine rings is 1. The Hall–Kier alpha value is -4.51. The molecule has 0 aliphatic rings. The lowest BCUT2D eigenvalue weighted by Crippen LogP contribution is -2.50. The maximum absolute atomic E-state index is 14.8. The lowest BCUT2D eigenvalue weighted by atomic mass is 10.2. The maximum Gasteiger partial charge on any atom is 0.354 e. The van der Waals surface area contributed by atoms with E-state index < -0.39 is 29.2 Å². The van der Waals surface area contributed by atoms with Gasteiger partial charge in [-0.05, 0) is 49.7 Å². The van der Waals surface area contributed by atoms with E-state index in [9.17, 15) is 18.8 Å². The maximum atomic E-state index is 14.8. The molecule has 0 spiro atoms. The van der Waals surface area contributed by atoms with Crippen molar-refractivity contribution in [2.45, 2.75) is 26.4 Å². The Labute approximate surface area is 213 Å². The number of aromatic amines is 1. The largest absolute Gasteiger partial charge is 0.477 e. The first-order valence-electron chi connectivity index (χ1n) is 11.0. The number of halogens is 2. The minimum atomic E-state index is -1.25. The number of aromatic nitrogens is 4. The number of H-pyrrole nitrogens is 1. The second kappa shape index (κ2) is 10.6. The Morgan fingerprint density at radius 3 is 2.54 bits per heavy atom. The Balaban J connectivity index is 1.75. The van der Waals surface area contributed by atoms with E-state index in [4.69, 9.17) is 21.4 Å². The number of carboxylic acid groups (broad SMARTS) is 1. The third-order valence-electron chi connectivity index (χ3n) is 5.21. The van der Waals surface area contributed by atoms with Gasteiger partial charge in [-0.25, -0.2) is 33.3 Å². The van der Waals surface area contributed by atoms with E-state index in [1.807, 2.05) is 0 Å². The van der Waals surface area contributed by atoms with Gasteiger partial charge in [0.25, 0.3) is 0 Å². The number of nitrogens with zero attached hydrogens (tertiary/aromatic N) is 4. The molecule has 0 fully saturated rings. The number of benzene rings is 2. The zero-order chi connectivity index (χ0) is 26.7. The van der Waals surface area contributed by atoms with E-state index in [1.54, 1.807) is 38.1 Å². The van der Waals surface area contributed by atoms with Crippen molar-refractivity contribution < 1.29 is 19.0 Å². The van der Waals surface area contributed by atoms with E-state index in [1.165, 1.54) is 34.9 Å². The molecule has 0 aliphatic carbocycles. The summed E-state index contributed by atoms with van der Waals surface area (Å²) in [6, 6.07) is 14.2. The summed E-state index contributed by atoms with van der Waals surface area (Å²) in [5, 5.41) is 9.59. The Kier molecular flexibility index (Phi) is 7.35. The van der Waals surface area contributed by atoms with Gasteiger partial charge in [-0.2, -0.15) is 0 Å². The van der Waals surface area contributed by atoms with E-state index >= 15 is 0 Å². The molecule has 2 aromatic carbocycles. The first-order chi connectivity index (χ1) is 17.6. The number of aromatic carboxylic acids is 1. The molecule has 2 N–H and O–H groups in total. The summed E-state index contributed by atoms with van der Waals surface area (Å²) >= 11 is 5.96. The van der Waals surface area contributed by atoms with Crippen molar-refractivity contribution in [3.63, 3.8) is 0 Å². The highest BCUT2D eigenvalue weighted by molar-refractivity contribution is 6.30. The van der Waals surface area contributed by atoms with E-state index in [-0.39, 0.29) is 35.2 Å². The van der Waals surface area contributed by atoms with Crippen LogP contribution in [0.5, 0.6) is 11.6 Å². The first kappa shape index (κ1) is 25.6. The Morgan fingerprint density at radius 2 is 1.89 bits per heavy atom. The second-order valence-corrected chi connectivity index (χ2v) is 8.64. The molecule has 4 aromatic rings. The summed E-state index contributed by atoms with van der Waals surface area (Å²) in [7, 11) is 0. The third-order valence-corrected chi connectivity index (χ3v) is 5.46. The minimum absolute atomic E-state index is 0.0770. The van der Waals surface area contributed by atoms with Crippen LogP contribution in [0.3, 0.4) is 0 Å². The van der Waals surface area contributed by atoms with Crippen molar-refractivity contribution in [3.05, 3.63) is 109 Å². The molecule has 0 amide bonds. The molecule has 0 aliphatic heterocycles. The van der Waals surface area contributed by atoms with Crippen molar-refractivity contribution in [2.75, 3.05) is 0 Å². The molecule has 0 unspecified atom stereocenters. The molecule has 37 heavy (non-hydrogen) atoms. The molecule has 0 saturated carbocycles. The third kappa shape index (κ3) is 5.84. The van der Waals surface area contributed by atoms with Gasteiger partial charge in [-0.1, -0.05) is 29.8 Å². The highest BCUT2D eigenvalue weighted by Gasteiger charge is 2.14. The minimum Gasteiger partial charge on any atom is -0.477 e. The van der Waals surface area contributed by atoms with Gasteiger partial charge in [0.15, 0.2) is 17.3 Å². The predicted octanol–water partition coefficient (Wildman–Crippen LogP) is 3.88. The van der Waals surface area contributed by atoms with Crippen molar-refractivity contribution in [1.82, 2.24) is 19.1 Å². The summed E-state index contributed by atoms with van der Waals surface area (Å²) in [5.41, 5.74) is -0.746. The monoisotopic (exact) mass is 525 g/mol. The number of carbonyl (C=O) groups is 1. The van der Waals surface area contributed by atoms with Crippen LogP contribution in [0.25, 0.3) is 0 Å². The van der Waals surface area contributed by atoms with Crippen molar-refractivity contribution >= 4 is 23.3 Å². The molecule has 12 heteroatoms. The Morgan fingerprint density at radius 1 is 1.16 bits per heavy atom. The molecule has 4 rings (SSSR count). The number of rotatable bonds is 7. The molecule has 0 radical (unpaired) electrons. The summed E-state index contributed by atoms with van der Waals surface area (Å²) < 4.78 is 22.5. The van der Waals surface area contributed by atoms with Crippen molar-refractivity contribution in [1.29, 1.82) is 0 Å². The zero-order valence-electron chi connectivity index (χ0n) is 19.7. The van der Waals surface area contributed by atoms with E-state index in [2.05, 4.69) is 15.0 Å². The summed E-state index contributed by atoms with van der Waals surface area (Å²) in [6.45, 7) is 3.48. The molecule has 190 valence electrons. The topological polar surface area (TPSA) is 132 Å². The average Bonchev–Trinajstić information content (AvgIpc) is 2.84. The fourth-order valence-corrected chi connectivity index (χ4v) is 3.58. The standard InChI is InChI=1S/C25H21ClFN5O5/c1-14(2)32-24(35)30-23(31(25(32)36)13-15-6-8-16(26)9-7-15)28-17-10-11-20(18(27)12-17)37-21-5-3-4-19(29-21)22(33)34/h3-12,14H,13H2,1-2H3,(H,33,34)(H,28,30,35). The van der Waals surface area contributed by atoms with Gasteiger partial charge in [0.2, 0.25) is 11.5 Å². The van der Waals surface area contributed by atoms with Crippen LogP contribution in [0.1, 0.15) is 35.9 Å². The fraction of sp³-hybridized carbons (Fsp3) is 0.160. The smallest absolute Gasteiger partial charge is 0.354 e. The molecule has 0 saturated heterocycles. The molecular weight excluding hydrogens is 505 g/mol. The van der Waals surface area contributed by atoms with Crippen molar-refractivity contribution in [2.24, 2.45) is 4.99 Å². The second-order valence-electron chi connectivity index (χ2n) is 8.21. The normalized spacial score (nSPS) is 11.6. The molecule has 2 heterocycles. The number of carboxylic acids is 1. The van der Waals surface area contributed by atoms with Gasteiger partial charge in [-0.3, -0.25) is 9.55 Å². The van der Waals surface area contributed by atoms with Crippen LogP contribution in [0.15, 0.2) is 75.2 Å². The van der Waals surface area contributed by atoms with E-state index in [0.29, 0.717) is 5.02 Å². The lowest BCUT2D eigenvalue weighted by Gasteiger charge is -2.13. The highest BCUT2D eigenvalue weighted by atomic mass is 35.5. The number of nitrogens with one attached hydrogen (secondary N) is 1. The zero-order valence-corrected chi connectivity index (χ0v) is 20.4.